The van der Waals surface area contributed by atoms with E-state index in [1.54, 1.807) is 6.92 Å². The second-order valence-corrected chi connectivity index (χ2v) is 2.08. The summed E-state index contributed by atoms with van der Waals surface area (Å²) in [4.78, 5) is 21.1. The van der Waals surface area contributed by atoms with Crippen LogP contribution in [-0.4, -0.2) is 23.5 Å². The molecule has 0 saturated heterocycles. The summed E-state index contributed by atoms with van der Waals surface area (Å²) >= 11 is 0. The summed E-state index contributed by atoms with van der Waals surface area (Å²) in [6.07, 6.45) is 1.96. The zero-order chi connectivity index (χ0) is 9.56. The minimum atomic E-state index is -1.15. The molecule has 5 heteroatoms. The molecule has 0 saturated carbocycles. The Morgan fingerprint density at radius 2 is 2.17 bits per heavy atom. The Hall–Kier alpha value is -1.36. The van der Waals surface area contributed by atoms with Crippen LogP contribution in [0.2, 0.25) is 0 Å². The standard InChI is InChI=1S/C7H12N2O3/c1-2-3-5(7(11)12)9-6(10)4-8/h3H,2,4,8H2,1H3,(H,9,10)(H,11,12)/b5-3+. The smallest absolute Gasteiger partial charge is 0.352 e. The number of amides is 1. The third-order valence-electron chi connectivity index (χ3n) is 1.10. The van der Waals surface area contributed by atoms with Gasteiger partial charge in [-0.1, -0.05) is 13.0 Å². The highest BCUT2D eigenvalue weighted by Crippen LogP contribution is 1.91. The molecule has 0 aliphatic carbocycles. The first kappa shape index (κ1) is 10.6. The summed E-state index contributed by atoms with van der Waals surface area (Å²) in [7, 11) is 0. The van der Waals surface area contributed by atoms with Gasteiger partial charge < -0.3 is 16.2 Å². The molecule has 68 valence electrons. The van der Waals surface area contributed by atoms with E-state index in [-0.39, 0.29) is 12.2 Å². The van der Waals surface area contributed by atoms with E-state index in [2.05, 4.69) is 5.32 Å². The summed E-state index contributed by atoms with van der Waals surface area (Å²) in [5, 5.41) is 10.7. The maximum absolute atomic E-state index is 10.7. The van der Waals surface area contributed by atoms with E-state index in [1.165, 1.54) is 6.08 Å². The number of nitrogens with one attached hydrogen (secondary N) is 1. The van der Waals surface area contributed by atoms with Crippen LogP contribution in [-0.2, 0) is 9.59 Å². The van der Waals surface area contributed by atoms with Crippen molar-refractivity contribution in [3.63, 3.8) is 0 Å². The van der Waals surface area contributed by atoms with Gasteiger partial charge in [-0.3, -0.25) is 4.79 Å². The van der Waals surface area contributed by atoms with Gasteiger partial charge in [-0.05, 0) is 6.42 Å². The minimum absolute atomic E-state index is 0.118. The topological polar surface area (TPSA) is 92.4 Å². The number of nitrogens with two attached hydrogens (primary N) is 1. The van der Waals surface area contributed by atoms with Gasteiger partial charge in [-0.15, -0.1) is 0 Å². The Bertz CT molecular complexity index is 211. The van der Waals surface area contributed by atoms with Crippen molar-refractivity contribution >= 4 is 11.9 Å². The average molecular weight is 172 g/mol. The summed E-state index contributed by atoms with van der Waals surface area (Å²) < 4.78 is 0. The lowest BCUT2D eigenvalue weighted by Crippen LogP contribution is -2.32. The van der Waals surface area contributed by atoms with Gasteiger partial charge in [-0.25, -0.2) is 4.79 Å². The van der Waals surface area contributed by atoms with Crippen molar-refractivity contribution in [3.05, 3.63) is 11.8 Å². The van der Waals surface area contributed by atoms with Crippen LogP contribution in [0.4, 0.5) is 0 Å². The molecule has 1 amide bonds. The number of carboxylic acids is 1. The number of rotatable bonds is 4. The molecule has 0 atom stereocenters. The number of aliphatic carboxylic acids is 1. The number of hydrogen-bond acceptors (Lipinski definition) is 3. The highest BCUT2D eigenvalue weighted by atomic mass is 16.4. The predicted molar refractivity (Wildman–Crippen MR) is 43.2 cm³/mol. The van der Waals surface area contributed by atoms with Crippen LogP contribution in [0.15, 0.2) is 11.8 Å². The third-order valence-corrected chi connectivity index (χ3v) is 1.10. The lowest BCUT2D eigenvalue weighted by Gasteiger charge is -2.02. The van der Waals surface area contributed by atoms with Crippen molar-refractivity contribution in [1.82, 2.24) is 5.32 Å². The van der Waals surface area contributed by atoms with Crippen LogP contribution >= 0.6 is 0 Å². The van der Waals surface area contributed by atoms with Crippen LogP contribution in [0, 0.1) is 0 Å². The van der Waals surface area contributed by atoms with Gasteiger partial charge in [0.2, 0.25) is 5.91 Å². The van der Waals surface area contributed by atoms with Crippen LogP contribution < -0.4 is 11.1 Å². The summed E-state index contributed by atoms with van der Waals surface area (Å²) in [6.45, 7) is 1.56. The van der Waals surface area contributed by atoms with E-state index in [4.69, 9.17) is 10.8 Å². The molecule has 0 aliphatic heterocycles. The number of carbonyl (C=O) groups is 2. The van der Waals surface area contributed by atoms with Crippen LogP contribution in [0.5, 0.6) is 0 Å². The van der Waals surface area contributed by atoms with Crippen molar-refractivity contribution in [1.29, 1.82) is 0 Å². The van der Waals surface area contributed by atoms with Gasteiger partial charge in [0.15, 0.2) is 0 Å². The third kappa shape index (κ3) is 3.72. The first-order chi connectivity index (χ1) is 5.61. The van der Waals surface area contributed by atoms with Gasteiger partial charge in [0.25, 0.3) is 0 Å². The quantitative estimate of drug-likeness (QED) is 0.495. The van der Waals surface area contributed by atoms with Crippen LogP contribution in [0.25, 0.3) is 0 Å². The highest BCUT2D eigenvalue weighted by Gasteiger charge is 2.08. The predicted octanol–water partition coefficient (Wildman–Crippen LogP) is -0.560. The molecule has 0 aromatic carbocycles. The molecule has 0 aromatic heterocycles. The maximum atomic E-state index is 10.7. The van der Waals surface area contributed by atoms with E-state index in [1.807, 2.05) is 0 Å². The summed E-state index contributed by atoms with van der Waals surface area (Å²) in [6, 6.07) is 0. The molecule has 0 radical (unpaired) electrons. The Labute approximate surface area is 70.2 Å². The minimum Gasteiger partial charge on any atom is -0.477 e. The fourth-order valence-electron chi connectivity index (χ4n) is 0.597. The van der Waals surface area contributed by atoms with E-state index in [9.17, 15) is 9.59 Å². The van der Waals surface area contributed by atoms with Crippen molar-refractivity contribution in [2.45, 2.75) is 13.3 Å². The molecule has 0 bridgehead atoms. The zero-order valence-electron chi connectivity index (χ0n) is 6.83. The molecule has 0 heterocycles. The van der Waals surface area contributed by atoms with E-state index in [0.29, 0.717) is 6.42 Å². The Kier molecular flexibility index (Phi) is 4.71. The van der Waals surface area contributed by atoms with Crippen LogP contribution in [0.3, 0.4) is 0 Å². The monoisotopic (exact) mass is 172 g/mol. The summed E-state index contributed by atoms with van der Waals surface area (Å²) in [5.74, 6) is -1.66. The Morgan fingerprint density at radius 3 is 2.50 bits per heavy atom. The lowest BCUT2D eigenvalue weighted by atomic mass is 10.3. The molecule has 0 aliphatic rings. The van der Waals surface area contributed by atoms with Crippen molar-refractivity contribution < 1.29 is 14.7 Å². The SMILES string of the molecule is CC/C=C(/NC(=O)CN)C(=O)O. The number of hydrogen-bond donors (Lipinski definition) is 3. The normalized spacial score (nSPS) is 11.0. The molecular formula is C7H12N2O3. The first-order valence-electron chi connectivity index (χ1n) is 3.55. The molecule has 0 spiro atoms. The zero-order valence-corrected chi connectivity index (χ0v) is 6.83. The maximum Gasteiger partial charge on any atom is 0.352 e. The Balaban J connectivity index is 4.24. The van der Waals surface area contributed by atoms with Crippen molar-refractivity contribution in [2.75, 3.05) is 6.54 Å². The molecule has 0 aromatic rings. The molecule has 0 unspecified atom stereocenters. The largest absolute Gasteiger partial charge is 0.477 e. The van der Waals surface area contributed by atoms with Gasteiger partial charge >= 0.3 is 5.97 Å². The number of allylic oxidation sites excluding steroid dienone is 1. The van der Waals surface area contributed by atoms with Crippen LogP contribution in [0.1, 0.15) is 13.3 Å². The molecule has 0 fully saturated rings. The van der Waals surface area contributed by atoms with Crippen molar-refractivity contribution in [3.8, 4) is 0 Å². The van der Waals surface area contributed by atoms with Crippen molar-refractivity contribution in [2.24, 2.45) is 5.73 Å². The van der Waals surface area contributed by atoms with Gasteiger partial charge in [0.05, 0.1) is 6.54 Å². The fourth-order valence-corrected chi connectivity index (χ4v) is 0.597. The highest BCUT2D eigenvalue weighted by molar-refractivity contribution is 5.93. The first-order valence-corrected chi connectivity index (χ1v) is 3.55. The second kappa shape index (κ2) is 5.31. The fraction of sp³-hybridized carbons (Fsp3) is 0.429. The van der Waals surface area contributed by atoms with Gasteiger partial charge in [-0.2, -0.15) is 0 Å². The summed E-state index contributed by atoms with van der Waals surface area (Å²) in [5.41, 5.74) is 4.87. The molecule has 0 rings (SSSR count). The van der Waals surface area contributed by atoms with E-state index < -0.39 is 11.9 Å². The van der Waals surface area contributed by atoms with Gasteiger partial charge in [0, 0.05) is 0 Å². The molecule has 5 nitrogen and oxygen atoms in total. The molecule has 4 N–H and O–H groups in total. The average Bonchev–Trinajstić information content (AvgIpc) is 2.03. The lowest BCUT2D eigenvalue weighted by molar-refractivity contribution is -0.134. The number of carboxylic acid groups (broad SMARTS) is 1. The Morgan fingerprint density at radius 1 is 1.58 bits per heavy atom. The molecule has 12 heavy (non-hydrogen) atoms. The second-order valence-electron chi connectivity index (χ2n) is 2.08. The van der Waals surface area contributed by atoms with Gasteiger partial charge in [0.1, 0.15) is 5.70 Å². The molecular weight excluding hydrogens is 160 g/mol. The number of carbonyl (C=O) groups excluding carboxylic acids is 1. The van der Waals surface area contributed by atoms with E-state index in [0.717, 1.165) is 0 Å². The van der Waals surface area contributed by atoms with E-state index >= 15 is 0 Å².